The first-order chi connectivity index (χ1) is 14.4. The fraction of sp³-hybridized carbons (Fsp3) is 0.118. The van der Waals surface area contributed by atoms with E-state index in [0.717, 1.165) is 29.0 Å². The van der Waals surface area contributed by atoms with Crippen LogP contribution in [0.2, 0.25) is 5.02 Å². The zero-order valence-electron chi connectivity index (χ0n) is 15.3. The molecule has 0 fully saturated rings. The fourth-order valence-electron chi connectivity index (χ4n) is 2.70. The van der Waals surface area contributed by atoms with Crippen LogP contribution in [0.5, 0.6) is 0 Å². The Morgan fingerprint density at radius 3 is 2.55 bits per heavy atom. The summed E-state index contributed by atoms with van der Waals surface area (Å²) in [4.78, 5) is 8.17. The summed E-state index contributed by atoms with van der Waals surface area (Å²) in [5, 5.41) is 3.48. The molecule has 0 amide bonds. The lowest BCUT2D eigenvalue weighted by Gasteiger charge is -2.07. The van der Waals surface area contributed by atoms with E-state index < -0.39 is 27.6 Å². The Balaban J connectivity index is 1.68. The summed E-state index contributed by atoms with van der Waals surface area (Å²) in [6, 6.07) is 4.30. The monoisotopic (exact) mass is 475 g/mol. The Morgan fingerprint density at radius 1 is 1.16 bits per heavy atom. The van der Waals surface area contributed by atoms with Gasteiger partial charge in [-0.3, -0.25) is 4.72 Å². The molecule has 0 radical (unpaired) electrons. The van der Waals surface area contributed by atoms with E-state index in [9.17, 15) is 26.0 Å². The van der Waals surface area contributed by atoms with Crippen LogP contribution < -0.4 is 4.72 Å². The fourth-order valence-corrected chi connectivity index (χ4v) is 3.52. The van der Waals surface area contributed by atoms with Crippen molar-refractivity contribution in [2.75, 3.05) is 11.0 Å². The lowest BCUT2D eigenvalue weighted by atomic mass is 10.2. The standard InChI is InChI=1S/C17H10ClF4N5O3S/c1-31(28,29)26-12-3-2-8(4-11(12)19)14-24-16(30-25-14)13-7-27-6-9(17(20,21)22)5-10(18)15(27)23-13/h2-7,26H,1H3. The number of sulfonamides is 1. The molecular weight excluding hydrogens is 466 g/mol. The molecule has 4 rings (SSSR count). The molecule has 8 nitrogen and oxygen atoms in total. The van der Waals surface area contributed by atoms with Crippen LogP contribution in [0.4, 0.5) is 23.2 Å². The van der Waals surface area contributed by atoms with Crippen LogP contribution in [-0.2, 0) is 16.2 Å². The molecule has 14 heteroatoms. The van der Waals surface area contributed by atoms with Gasteiger partial charge in [0.2, 0.25) is 15.8 Å². The van der Waals surface area contributed by atoms with Gasteiger partial charge in [-0.1, -0.05) is 16.8 Å². The summed E-state index contributed by atoms with van der Waals surface area (Å²) in [5.41, 5.74) is -0.945. The van der Waals surface area contributed by atoms with Gasteiger partial charge in [0.1, 0.15) is 11.5 Å². The second-order valence-corrected chi connectivity index (χ2v) is 8.58. The minimum Gasteiger partial charge on any atom is -0.332 e. The lowest BCUT2D eigenvalue weighted by Crippen LogP contribution is -2.10. The van der Waals surface area contributed by atoms with Gasteiger partial charge in [0.15, 0.2) is 5.65 Å². The Labute approximate surface area is 176 Å². The van der Waals surface area contributed by atoms with Crippen LogP contribution in [0, 0.1) is 5.82 Å². The molecule has 3 aromatic heterocycles. The van der Waals surface area contributed by atoms with Gasteiger partial charge in [0, 0.05) is 18.0 Å². The van der Waals surface area contributed by atoms with Crippen LogP contribution in [0.25, 0.3) is 28.6 Å². The second kappa shape index (κ2) is 7.20. The van der Waals surface area contributed by atoms with Gasteiger partial charge < -0.3 is 8.92 Å². The number of rotatable bonds is 4. The van der Waals surface area contributed by atoms with E-state index in [4.69, 9.17) is 16.1 Å². The highest BCUT2D eigenvalue weighted by Crippen LogP contribution is 2.33. The van der Waals surface area contributed by atoms with Crippen molar-refractivity contribution in [1.29, 1.82) is 0 Å². The van der Waals surface area contributed by atoms with Crippen LogP contribution in [0.15, 0.2) is 41.2 Å². The number of fused-ring (bicyclic) bond motifs is 1. The molecule has 1 aromatic carbocycles. The summed E-state index contributed by atoms with van der Waals surface area (Å²) in [6.45, 7) is 0. The number of aromatic nitrogens is 4. The van der Waals surface area contributed by atoms with E-state index in [2.05, 4.69) is 15.1 Å². The molecular formula is C17H10ClF4N5O3S. The van der Waals surface area contributed by atoms with Gasteiger partial charge >= 0.3 is 6.18 Å². The van der Waals surface area contributed by atoms with Gasteiger partial charge in [-0.05, 0) is 24.3 Å². The Morgan fingerprint density at radius 2 is 1.90 bits per heavy atom. The molecule has 162 valence electrons. The maximum absolute atomic E-state index is 14.2. The molecule has 0 aliphatic carbocycles. The zero-order chi connectivity index (χ0) is 22.6. The summed E-state index contributed by atoms with van der Waals surface area (Å²) < 4.78 is 83.8. The van der Waals surface area contributed by atoms with Crippen LogP contribution >= 0.6 is 11.6 Å². The number of halogens is 5. The average molecular weight is 476 g/mol. The summed E-state index contributed by atoms with van der Waals surface area (Å²) >= 11 is 5.91. The van der Waals surface area contributed by atoms with Crippen molar-refractivity contribution in [1.82, 2.24) is 19.5 Å². The van der Waals surface area contributed by atoms with Gasteiger partial charge in [0.25, 0.3) is 5.89 Å². The topological polar surface area (TPSA) is 102 Å². The minimum absolute atomic E-state index is 0.0426. The first-order valence-electron chi connectivity index (χ1n) is 8.28. The van der Waals surface area contributed by atoms with E-state index in [1.54, 1.807) is 0 Å². The highest BCUT2D eigenvalue weighted by atomic mass is 35.5. The number of alkyl halides is 3. The molecule has 0 atom stereocenters. The van der Waals surface area contributed by atoms with Gasteiger partial charge in [-0.15, -0.1) is 0 Å². The highest BCUT2D eigenvalue weighted by Gasteiger charge is 2.32. The normalized spacial score (nSPS) is 12.5. The molecule has 4 aromatic rings. The number of nitrogens with one attached hydrogen (secondary N) is 1. The molecule has 0 aliphatic rings. The number of hydrogen-bond donors (Lipinski definition) is 1. The van der Waals surface area contributed by atoms with E-state index in [0.29, 0.717) is 0 Å². The highest BCUT2D eigenvalue weighted by molar-refractivity contribution is 7.92. The largest absolute Gasteiger partial charge is 0.417 e. The maximum Gasteiger partial charge on any atom is 0.417 e. The summed E-state index contributed by atoms with van der Waals surface area (Å²) in [6.07, 6.45) is -1.67. The van der Waals surface area contributed by atoms with Crippen molar-refractivity contribution in [2.24, 2.45) is 0 Å². The third-order valence-corrected chi connectivity index (χ3v) is 4.87. The SMILES string of the molecule is CS(=O)(=O)Nc1ccc(-c2noc(-c3cn4cc(C(F)(F)F)cc(Cl)c4n3)n2)cc1F. The number of nitrogens with zero attached hydrogens (tertiary/aromatic N) is 4. The van der Waals surface area contributed by atoms with Crippen molar-refractivity contribution in [3.63, 3.8) is 0 Å². The first-order valence-corrected chi connectivity index (χ1v) is 10.5. The molecule has 0 saturated heterocycles. The van der Waals surface area contributed by atoms with Crippen molar-refractivity contribution in [3.05, 3.63) is 53.1 Å². The average Bonchev–Trinajstić information content (AvgIpc) is 3.28. The Hall–Kier alpha value is -3.19. The Bertz CT molecular complexity index is 1420. The van der Waals surface area contributed by atoms with Gasteiger partial charge in [0.05, 0.1) is 22.5 Å². The molecule has 0 saturated carbocycles. The first kappa shape index (κ1) is 21.1. The third kappa shape index (κ3) is 4.32. The van der Waals surface area contributed by atoms with E-state index in [1.165, 1.54) is 18.3 Å². The molecule has 3 heterocycles. The van der Waals surface area contributed by atoms with Crippen molar-refractivity contribution in [2.45, 2.75) is 6.18 Å². The number of hydrogen-bond acceptors (Lipinski definition) is 6. The molecule has 0 unspecified atom stereocenters. The Kier molecular flexibility index (Phi) is 4.89. The van der Waals surface area contributed by atoms with Crippen LogP contribution in [0.3, 0.4) is 0 Å². The third-order valence-electron chi connectivity index (χ3n) is 4.00. The number of imidazole rings is 1. The predicted molar refractivity (Wildman–Crippen MR) is 102 cm³/mol. The van der Waals surface area contributed by atoms with Crippen molar-refractivity contribution >= 4 is 33.0 Å². The number of benzene rings is 1. The molecule has 0 bridgehead atoms. The zero-order valence-corrected chi connectivity index (χ0v) is 16.8. The number of anilines is 1. The second-order valence-electron chi connectivity index (χ2n) is 6.42. The minimum atomic E-state index is -4.60. The van der Waals surface area contributed by atoms with Crippen molar-refractivity contribution < 1.29 is 30.5 Å². The quantitative estimate of drug-likeness (QED) is 0.443. The molecule has 0 spiro atoms. The van der Waals surface area contributed by atoms with E-state index in [-0.39, 0.29) is 39.3 Å². The van der Waals surface area contributed by atoms with Gasteiger partial charge in [-0.25, -0.2) is 17.8 Å². The molecule has 0 aliphatic heterocycles. The van der Waals surface area contributed by atoms with Crippen LogP contribution in [-0.4, -0.2) is 34.2 Å². The predicted octanol–water partition coefficient (Wildman–Crippen LogP) is 4.23. The maximum atomic E-state index is 14.2. The lowest BCUT2D eigenvalue weighted by molar-refractivity contribution is -0.137. The summed E-state index contributed by atoms with van der Waals surface area (Å²) in [7, 11) is -3.67. The molecule has 1 N–H and O–H groups in total. The smallest absolute Gasteiger partial charge is 0.332 e. The molecule has 31 heavy (non-hydrogen) atoms. The summed E-state index contributed by atoms with van der Waals surface area (Å²) in [5.74, 6) is -1.05. The van der Waals surface area contributed by atoms with E-state index in [1.807, 2.05) is 4.72 Å². The van der Waals surface area contributed by atoms with Gasteiger partial charge in [-0.2, -0.15) is 18.2 Å². The van der Waals surface area contributed by atoms with E-state index >= 15 is 0 Å². The van der Waals surface area contributed by atoms with Crippen molar-refractivity contribution in [3.8, 4) is 23.0 Å². The number of pyridine rings is 1. The van der Waals surface area contributed by atoms with Crippen LogP contribution in [0.1, 0.15) is 5.56 Å².